The minimum Gasteiger partial charge on any atom is -0.381 e. The lowest BCUT2D eigenvalue weighted by atomic mass is 10.1. The molecule has 0 fully saturated rings. The molecular weight excluding hydrogens is 258 g/mol. The number of aromatic amines is 1. The van der Waals surface area contributed by atoms with Crippen molar-refractivity contribution in [2.24, 2.45) is 0 Å². The minimum atomic E-state index is 0.841. The second-order valence-electron chi connectivity index (χ2n) is 5.07. The summed E-state index contributed by atoms with van der Waals surface area (Å²) in [7, 11) is 0. The molecule has 0 aliphatic rings. The lowest BCUT2D eigenvalue weighted by molar-refractivity contribution is 1.11. The fourth-order valence-corrected chi connectivity index (χ4v) is 2.28. The molecule has 3 rings (SSSR count). The summed E-state index contributed by atoms with van der Waals surface area (Å²) in [6.07, 6.45) is 4.61. The number of hydrogen-bond donors (Lipinski definition) is 2. The zero-order chi connectivity index (χ0) is 14.5. The third-order valence-corrected chi connectivity index (χ3v) is 3.62. The molecule has 3 aromatic rings. The van der Waals surface area contributed by atoms with E-state index in [0.29, 0.717) is 0 Å². The molecule has 0 aliphatic carbocycles. The zero-order valence-corrected chi connectivity index (χ0v) is 12.1. The van der Waals surface area contributed by atoms with E-state index in [1.807, 2.05) is 6.20 Å². The van der Waals surface area contributed by atoms with Gasteiger partial charge in [-0.15, -0.1) is 0 Å². The molecule has 0 unspecified atom stereocenters. The van der Waals surface area contributed by atoms with Crippen LogP contribution in [0.5, 0.6) is 0 Å². The molecule has 0 spiro atoms. The minimum absolute atomic E-state index is 0.841. The molecule has 0 radical (unpaired) electrons. The van der Waals surface area contributed by atoms with Crippen LogP contribution in [-0.4, -0.2) is 9.97 Å². The highest BCUT2D eigenvalue weighted by Gasteiger charge is 1.99. The summed E-state index contributed by atoms with van der Waals surface area (Å²) in [4.78, 5) is 7.15. The topological polar surface area (TPSA) is 40.7 Å². The zero-order valence-electron chi connectivity index (χ0n) is 12.1. The van der Waals surface area contributed by atoms with E-state index in [0.717, 1.165) is 29.9 Å². The number of hydrogen-bond acceptors (Lipinski definition) is 2. The van der Waals surface area contributed by atoms with Crippen LogP contribution in [0.2, 0.25) is 0 Å². The summed E-state index contributed by atoms with van der Waals surface area (Å²) < 4.78 is 0. The van der Waals surface area contributed by atoms with Crippen LogP contribution in [0.1, 0.15) is 18.1 Å². The van der Waals surface area contributed by atoms with Gasteiger partial charge in [-0.2, -0.15) is 0 Å². The van der Waals surface area contributed by atoms with Gasteiger partial charge in [-0.3, -0.25) is 0 Å². The fourth-order valence-electron chi connectivity index (χ4n) is 2.28. The highest BCUT2D eigenvalue weighted by atomic mass is 14.9. The fraction of sp³-hybridized carbons (Fsp3) is 0.167. The van der Waals surface area contributed by atoms with E-state index in [2.05, 4.69) is 70.7 Å². The Morgan fingerprint density at radius 2 is 1.67 bits per heavy atom. The maximum atomic E-state index is 4.04. The number of H-pyrrole nitrogens is 1. The molecule has 0 saturated carbocycles. The molecule has 1 heterocycles. The Bertz CT molecular complexity index is 667. The summed E-state index contributed by atoms with van der Waals surface area (Å²) in [5, 5.41) is 3.45. The maximum absolute atomic E-state index is 4.04. The van der Waals surface area contributed by atoms with Gasteiger partial charge in [0.2, 0.25) is 0 Å². The van der Waals surface area contributed by atoms with Crippen molar-refractivity contribution in [3.63, 3.8) is 0 Å². The number of rotatable bonds is 5. The van der Waals surface area contributed by atoms with Crippen LogP contribution >= 0.6 is 0 Å². The van der Waals surface area contributed by atoms with E-state index in [-0.39, 0.29) is 0 Å². The summed E-state index contributed by atoms with van der Waals surface area (Å²) >= 11 is 0. The van der Waals surface area contributed by atoms with Gasteiger partial charge in [-0.25, -0.2) is 4.98 Å². The van der Waals surface area contributed by atoms with Gasteiger partial charge in [0.05, 0.1) is 18.2 Å². The first-order valence-corrected chi connectivity index (χ1v) is 7.25. The van der Waals surface area contributed by atoms with Gasteiger partial charge in [0.25, 0.3) is 0 Å². The number of nitrogens with one attached hydrogen (secondary N) is 2. The van der Waals surface area contributed by atoms with Crippen molar-refractivity contribution in [1.82, 2.24) is 9.97 Å². The number of anilines is 1. The standard InChI is InChI=1S/C18H19N3/c1-2-14-3-5-15(6-4-14)11-20-17-9-7-16(8-10-17)18-12-19-13-21-18/h3-10,12-13,20H,2,11H2,1H3,(H,19,21). The third kappa shape index (κ3) is 3.31. The van der Waals surface area contributed by atoms with Crippen molar-refractivity contribution in [3.05, 3.63) is 72.2 Å². The maximum Gasteiger partial charge on any atom is 0.0924 e. The van der Waals surface area contributed by atoms with Gasteiger partial charge in [0.15, 0.2) is 0 Å². The molecule has 1 aromatic heterocycles. The predicted octanol–water partition coefficient (Wildman–Crippen LogP) is 4.25. The van der Waals surface area contributed by atoms with Gasteiger partial charge in [0.1, 0.15) is 0 Å². The van der Waals surface area contributed by atoms with E-state index in [1.54, 1.807) is 6.33 Å². The van der Waals surface area contributed by atoms with Crippen LogP contribution in [-0.2, 0) is 13.0 Å². The van der Waals surface area contributed by atoms with Crippen LogP contribution in [0.15, 0.2) is 61.1 Å². The SMILES string of the molecule is CCc1ccc(CNc2ccc(-c3cnc[nH]3)cc2)cc1. The number of benzene rings is 2. The quantitative estimate of drug-likeness (QED) is 0.732. The Morgan fingerprint density at radius 3 is 2.29 bits per heavy atom. The second kappa shape index (κ2) is 6.27. The van der Waals surface area contributed by atoms with E-state index >= 15 is 0 Å². The molecule has 0 bridgehead atoms. The number of imidazole rings is 1. The van der Waals surface area contributed by atoms with Crippen molar-refractivity contribution in [2.45, 2.75) is 19.9 Å². The van der Waals surface area contributed by atoms with Crippen molar-refractivity contribution in [3.8, 4) is 11.3 Å². The normalized spacial score (nSPS) is 10.5. The third-order valence-electron chi connectivity index (χ3n) is 3.62. The van der Waals surface area contributed by atoms with Gasteiger partial charge in [-0.1, -0.05) is 43.3 Å². The molecule has 0 aliphatic heterocycles. The van der Waals surface area contributed by atoms with Crippen LogP contribution in [0.3, 0.4) is 0 Å². The molecule has 0 amide bonds. The largest absolute Gasteiger partial charge is 0.381 e. The Labute approximate surface area is 125 Å². The summed E-state index contributed by atoms with van der Waals surface area (Å²) in [6.45, 7) is 3.02. The second-order valence-corrected chi connectivity index (χ2v) is 5.07. The molecule has 0 atom stereocenters. The molecule has 21 heavy (non-hydrogen) atoms. The average Bonchev–Trinajstić information content (AvgIpc) is 3.08. The van der Waals surface area contributed by atoms with Crippen molar-refractivity contribution >= 4 is 5.69 Å². The Morgan fingerprint density at radius 1 is 0.952 bits per heavy atom. The monoisotopic (exact) mass is 277 g/mol. The van der Waals surface area contributed by atoms with Crippen LogP contribution in [0.4, 0.5) is 5.69 Å². The number of nitrogens with zero attached hydrogens (tertiary/aromatic N) is 1. The summed E-state index contributed by atoms with van der Waals surface area (Å²) in [5.41, 5.74) is 5.98. The Kier molecular flexibility index (Phi) is 4.01. The smallest absolute Gasteiger partial charge is 0.0924 e. The molecule has 3 nitrogen and oxygen atoms in total. The van der Waals surface area contributed by atoms with Gasteiger partial charge >= 0.3 is 0 Å². The van der Waals surface area contributed by atoms with Gasteiger partial charge < -0.3 is 10.3 Å². The summed E-state index contributed by atoms with van der Waals surface area (Å²) in [6, 6.07) is 17.1. The first-order chi connectivity index (χ1) is 10.3. The van der Waals surface area contributed by atoms with Gasteiger partial charge in [0, 0.05) is 12.2 Å². The van der Waals surface area contributed by atoms with Crippen molar-refractivity contribution in [2.75, 3.05) is 5.32 Å². The molecule has 3 heteroatoms. The number of aryl methyl sites for hydroxylation is 1. The van der Waals surface area contributed by atoms with Crippen molar-refractivity contribution < 1.29 is 0 Å². The predicted molar refractivity (Wildman–Crippen MR) is 87.2 cm³/mol. The average molecular weight is 277 g/mol. The lowest BCUT2D eigenvalue weighted by Crippen LogP contribution is -1.99. The van der Waals surface area contributed by atoms with E-state index in [1.165, 1.54) is 11.1 Å². The van der Waals surface area contributed by atoms with Crippen LogP contribution in [0.25, 0.3) is 11.3 Å². The first kappa shape index (κ1) is 13.4. The first-order valence-electron chi connectivity index (χ1n) is 7.25. The Balaban J connectivity index is 1.62. The highest BCUT2D eigenvalue weighted by Crippen LogP contribution is 2.19. The van der Waals surface area contributed by atoms with Crippen molar-refractivity contribution in [1.29, 1.82) is 0 Å². The molecule has 2 aromatic carbocycles. The highest BCUT2D eigenvalue weighted by molar-refractivity contribution is 5.61. The Hall–Kier alpha value is -2.55. The van der Waals surface area contributed by atoms with E-state index < -0.39 is 0 Å². The van der Waals surface area contributed by atoms with E-state index in [4.69, 9.17) is 0 Å². The van der Waals surface area contributed by atoms with Gasteiger partial charge in [-0.05, 0) is 35.2 Å². The molecule has 0 saturated heterocycles. The van der Waals surface area contributed by atoms with Crippen LogP contribution in [0, 0.1) is 0 Å². The summed E-state index contributed by atoms with van der Waals surface area (Å²) in [5.74, 6) is 0. The van der Waals surface area contributed by atoms with E-state index in [9.17, 15) is 0 Å². The molecule has 106 valence electrons. The lowest BCUT2D eigenvalue weighted by Gasteiger charge is -2.08. The molecule has 2 N–H and O–H groups in total. The number of aromatic nitrogens is 2. The van der Waals surface area contributed by atoms with Crippen LogP contribution < -0.4 is 5.32 Å². The molecular formula is C18H19N3.